The summed E-state index contributed by atoms with van der Waals surface area (Å²) in [5.41, 5.74) is 7.63. The number of aromatic nitrogens is 1. The lowest BCUT2D eigenvalue weighted by atomic mass is 9.93. The van der Waals surface area contributed by atoms with Crippen LogP contribution in [0.1, 0.15) is 111 Å². The summed E-state index contributed by atoms with van der Waals surface area (Å²) in [6.07, 6.45) is 19.7. The molecule has 2 aromatic rings. The fourth-order valence-corrected chi connectivity index (χ4v) is 3.06. The quantitative estimate of drug-likeness (QED) is 0.320. The SMILES string of the molecule is CCC(C)C.CCCC.C\C=C/C=C(CC)/C(C)=C/C(=C\C(C)c1ccc(C)cc1)c1cccnc1. The van der Waals surface area contributed by atoms with E-state index in [1.807, 2.05) is 25.4 Å². The molecule has 0 saturated heterocycles. The van der Waals surface area contributed by atoms with Gasteiger partial charge in [-0.25, -0.2) is 0 Å². The Balaban J connectivity index is 0.00000117. The van der Waals surface area contributed by atoms with Crippen LogP contribution in [-0.4, -0.2) is 4.98 Å². The van der Waals surface area contributed by atoms with Crippen molar-refractivity contribution in [2.45, 2.75) is 101 Å². The summed E-state index contributed by atoms with van der Waals surface area (Å²) in [4.78, 5) is 4.32. The van der Waals surface area contributed by atoms with Crippen LogP contribution in [0.15, 0.2) is 90.3 Å². The third kappa shape index (κ3) is 14.7. The third-order valence-corrected chi connectivity index (χ3v) is 6.09. The lowest BCUT2D eigenvalue weighted by Gasteiger charge is -2.12. The van der Waals surface area contributed by atoms with Crippen LogP contribution in [0.25, 0.3) is 5.57 Å². The Morgan fingerprint density at radius 2 is 1.56 bits per heavy atom. The largest absolute Gasteiger partial charge is 0.264 e. The van der Waals surface area contributed by atoms with Gasteiger partial charge < -0.3 is 0 Å². The Morgan fingerprint density at radius 1 is 0.944 bits per heavy atom. The minimum Gasteiger partial charge on any atom is -0.264 e. The number of pyridine rings is 1. The van der Waals surface area contributed by atoms with Gasteiger partial charge in [-0.15, -0.1) is 0 Å². The Kier molecular flexibility index (Phi) is 19.0. The summed E-state index contributed by atoms with van der Waals surface area (Å²) in [5.74, 6) is 1.21. The van der Waals surface area contributed by atoms with E-state index in [0.717, 1.165) is 17.9 Å². The standard InChI is InChI=1S/C26H31N.C5H12.C4H10/c1-6-8-10-23(7-2)21(4)17-26(25-11-9-16-27-19-25)18-22(5)24-14-12-20(3)13-15-24;1-4-5(2)3;1-3-4-2/h6,8-19,22H,7H2,1-5H3;5H,4H2,1-3H3;3-4H2,1-2H3/b8-6-,21-17+,23-10+,26-18+;;. The van der Waals surface area contributed by atoms with Gasteiger partial charge in [-0.3, -0.25) is 4.98 Å². The normalized spacial score (nSPS) is 13.1. The van der Waals surface area contributed by atoms with Gasteiger partial charge in [-0.05, 0) is 72.9 Å². The first-order valence-corrected chi connectivity index (χ1v) is 13.9. The maximum absolute atomic E-state index is 4.32. The zero-order chi connectivity index (χ0) is 27.3. The molecular weight excluding hydrogens is 434 g/mol. The highest BCUT2D eigenvalue weighted by atomic mass is 14.6. The molecule has 1 heterocycles. The summed E-state index contributed by atoms with van der Waals surface area (Å²) < 4.78 is 0. The van der Waals surface area contributed by atoms with E-state index in [0.29, 0.717) is 5.92 Å². The molecule has 36 heavy (non-hydrogen) atoms. The third-order valence-electron chi connectivity index (χ3n) is 6.09. The van der Waals surface area contributed by atoms with Crippen molar-refractivity contribution in [2.75, 3.05) is 0 Å². The van der Waals surface area contributed by atoms with Gasteiger partial charge in [0.05, 0.1) is 0 Å². The van der Waals surface area contributed by atoms with Gasteiger partial charge in [0.1, 0.15) is 0 Å². The van der Waals surface area contributed by atoms with E-state index in [2.05, 4.69) is 128 Å². The molecule has 0 N–H and O–H groups in total. The Hall–Kier alpha value is -2.67. The van der Waals surface area contributed by atoms with Gasteiger partial charge >= 0.3 is 0 Å². The van der Waals surface area contributed by atoms with Gasteiger partial charge in [0.25, 0.3) is 0 Å². The van der Waals surface area contributed by atoms with E-state index in [-0.39, 0.29) is 0 Å². The van der Waals surface area contributed by atoms with Crippen LogP contribution in [0.3, 0.4) is 0 Å². The molecule has 1 atom stereocenters. The molecule has 0 aliphatic rings. The summed E-state index contributed by atoms with van der Waals surface area (Å²) in [6.45, 7) is 21.8. The highest BCUT2D eigenvalue weighted by Crippen LogP contribution is 2.27. The van der Waals surface area contributed by atoms with E-state index in [1.54, 1.807) is 0 Å². The van der Waals surface area contributed by atoms with Crippen LogP contribution < -0.4 is 0 Å². The van der Waals surface area contributed by atoms with Crippen molar-refractivity contribution >= 4 is 5.57 Å². The number of hydrogen-bond donors (Lipinski definition) is 0. The molecular formula is C35H53N. The molecule has 0 spiro atoms. The zero-order valence-electron chi connectivity index (χ0n) is 24.9. The topological polar surface area (TPSA) is 12.9 Å². The van der Waals surface area contributed by atoms with Crippen molar-refractivity contribution in [1.29, 1.82) is 0 Å². The highest BCUT2D eigenvalue weighted by molar-refractivity contribution is 5.75. The van der Waals surface area contributed by atoms with Crippen LogP contribution in [0.4, 0.5) is 0 Å². The van der Waals surface area contributed by atoms with Crippen molar-refractivity contribution in [3.8, 4) is 0 Å². The molecule has 1 nitrogen and oxygen atoms in total. The minimum atomic E-state index is 0.328. The molecule has 1 aromatic heterocycles. The second kappa shape index (κ2) is 20.5. The number of hydrogen-bond acceptors (Lipinski definition) is 1. The van der Waals surface area contributed by atoms with Crippen LogP contribution in [-0.2, 0) is 0 Å². The predicted molar refractivity (Wildman–Crippen MR) is 164 cm³/mol. The van der Waals surface area contributed by atoms with E-state index in [4.69, 9.17) is 0 Å². The fourth-order valence-electron chi connectivity index (χ4n) is 3.06. The van der Waals surface area contributed by atoms with E-state index in [1.165, 1.54) is 47.1 Å². The van der Waals surface area contributed by atoms with Gasteiger partial charge in [-0.2, -0.15) is 0 Å². The van der Waals surface area contributed by atoms with Gasteiger partial charge in [0.2, 0.25) is 0 Å². The Labute approximate surface area is 224 Å². The van der Waals surface area contributed by atoms with Gasteiger partial charge in [-0.1, -0.05) is 134 Å². The molecule has 1 heteroatoms. The highest BCUT2D eigenvalue weighted by Gasteiger charge is 2.07. The summed E-state index contributed by atoms with van der Waals surface area (Å²) in [5, 5.41) is 0. The lowest BCUT2D eigenvalue weighted by Crippen LogP contribution is -1.93. The molecule has 2 rings (SSSR count). The first-order chi connectivity index (χ1) is 17.2. The fraction of sp³-hybridized carbons (Fsp3) is 0.457. The molecule has 1 unspecified atom stereocenters. The molecule has 0 radical (unpaired) electrons. The first-order valence-electron chi connectivity index (χ1n) is 13.9. The molecule has 0 fully saturated rings. The number of rotatable bonds is 9. The van der Waals surface area contributed by atoms with Crippen molar-refractivity contribution in [3.63, 3.8) is 0 Å². The average Bonchev–Trinajstić information content (AvgIpc) is 2.90. The number of unbranched alkanes of at least 4 members (excludes halogenated alkanes) is 1. The molecule has 0 bridgehead atoms. The van der Waals surface area contributed by atoms with Crippen molar-refractivity contribution in [1.82, 2.24) is 4.98 Å². The zero-order valence-corrected chi connectivity index (χ0v) is 24.9. The first kappa shape index (κ1) is 33.3. The van der Waals surface area contributed by atoms with Crippen molar-refractivity contribution in [2.24, 2.45) is 5.92 Å². The minimum absolute atomic E-state index is 0.328. The molecule has 1 aromatic carbocycles. The van der Waals surface area contributed by atoms with Crippen LogP contribution >= 0.6 is 0 Å². The molecule has 0 amide bonds. The van der Waals surface area contributed by atoms with Crippen LogP contribution in [0, 0.1) is 12.8 Å². The molecule has 0 aliphatic heterocycles. The van der Waals surface area contributed by atoms with E-state index in [9.17, 15) is 0 Å². The summed E-state index contributed by atoms with van der Waals surface area (Å²) >= 11 is 0. The van der Waals surface area contributed by atoms with E-state index < -0.39 is 0 Å². The van der Waals surface area contributed by atoms with Crippen molar-refractivity contribution < 1.29 is 0 Å². The van der Waals surface area contributed by atoms with E-state index >= 15 is 0 Å². The number of aryl methyl sites for hydroxylation is 1. The monoisotopic (exact) mass is 487 g/mol. The Morgan fingerprint density at radius 3 is 2.00 bits per heavy atom. The van der Waals surface area contributed by atoms with Gasteiger partial charge in [0.15, 0.2) is 0 Å². The Bertz CT molecular complexity index is 922. The number of nitrogens with zero attached hydrogens (tertiary/aromatic N) is 1. The maximum Gasteiger partial charge on any atom is 0.0346 e. The van der Waals surface area contributed by atoms with Gasteiger partial charge in [0, 0.05) is 12.4 Å². The second-order valence-electron chi connectivity index (χ2n) is 9.76. The molecule has 198 valence electrons. The number of allylic oxidation sites excluding steroid dienone is 8. The molecule has 0 saturated carbocycles. The average molecular weight is 488 g/mol. The van der Waals surface area contributed by atoms with Crippen LogP contribution in [0.2, 0.25) is 0 Å². The smallest absolute Gasteiger partial charge is 0.0346 e. The lowest BCUT2D eigenvalue weighted by molar-refractivity contribution is 0.626. The summed E-state index contributed by atoms with van der Waals surface area (Å²) in [7, 11) is 0. The maximum atomic E-state index is 4.32. The molecule has 0 aliphatic carbocycles. The van der Waals surface area contributed by atoms with Crippen LogP contribution in [0.5, 0.6) is 0 Å². The number of benzene rings is 1. The van der Waals surface area contributed by atoms with Crippen molar-refractivity contribution in [3.05, 3.63) is 107 Å². The summed E-state index contributed by atoms with van der Waals surface area (Å²) in [6, 6.07) is 12.9. The second-order valence-corrected chi connectivity index (χ2v) is 9.76. The predicted octanol–water partition coefficient (Wildman–Crippen LogP) is 11.3.